The molecule has 0 radical (unpaired) electrons. The van der Waals surface area contributed by atoms with Crippen molar-refractivity contribution in [1.29, 1.82) is 0 Å². The minimum atomic E-state index is -0.0918. The Labute approximate surface area is 221 Å². The van der Waals surface area contributed by atoms with Gasteiger partial charge in [-0.1, -0.05) is 29.8 Å². The fourth-order valence-electron chi connectivity index (χ4n) is 4.86. The summed E-state index contributed by atoms with van der Waals surface area (Å²) in [5.41, 5.74) is 5.52. The molecule has 0 atom stereocenters. The maximum absolute atomic E-state index is 13.9. The zero-order valence-electron chi connectivity index (χ0n) is 19.6. The van der Waals surface area contributed by atoms with Gasteiger partial charge < -0.3 is 4.74 Å². The van der Waals surface area contributed by atoms with Crippen LogP contribution in [-0.4, -0.2) is 22.6 Å². The molecule has 0 spiro atoms. The van der Waals surface area contributed by atoms with Crippen LogP contribution in [0.3, 0.4) is 0 Å². The second kappa shape index (κ2) is 9.21. The van der Waals surface area contributed by atoms with Gasteiger partial charge in [-0.25, -0.2) is 4.98 Å². The topological polar surface area (TPSA) is 44.1 Å². The standard InChI is InChI=1S/C29H21ClN2O2S2/c1-17-21(15-26-31-13-14-35-26)27-23(32(17)29(33)18-7-9-19(30)10-8-18)11-12-24(34-2)28(27)22-16-36-25-6-4-3-5-20(22)25/h3-14,16H,15H2,1-2H3. The largest absolute Gasteiger partial charge is 0.496 e. The number of thiazole rings is 1. The maximum atomic E-state index is 13.9. The van der Waals surface area contributed by atoms with Crippen LogP contribution in [0.25, 0.3) is 32.1 Å². The summed E-state index contributed by atoms with van der Waals surface area (Å²) in [6, 6.07) is 19.4. The van der Waals surface area contributed by atoms with E-state index in [0.717, 1.165) is 44.0 Å². The van der Waals surface area contributed by atoms with E-state index in [-0.39, 0.29) is 5.91 Å². The second-order valence-electron chi connectivity index (χ2n) is 8.50. The Balaban J connectivity index is 1.69. The van der Waals surface area contributed by atoms with Gasteiger partial charge in [-0.3, -0.25) is 9.36 Å². The van der Waals surface area contributed by atoms with Crippen molar-refractivity contribution in [2.45, 2.75) is 13.3 Å². The third-order valence-electron chi connectivity index (χ3n) is 6.54. The molecule has 36 heavy (non-hydrogen) atoms. The molecule has 0 N–H and O–H groups in total. The van der Waals surface area contributed by atoms with E-state index in [1.54, 1.807) is 54.0 Å². The van der Waals surface area contributed by atoms with Gasteiger partial charge in [-0.15, -0.1) is 22.7 Å². The van der Waals surface area contributed by atoms with Crippen LogP contribution in [0.2, 0.25) is 5.02 Å². The molecule has 3 heterocycles. The molecule has 0 unspecified atom stereocenters. The minimum Gasteiger partial charge on any atom is -0.496 e. The van der Waals surface area contributed by atoms with Crippen molar-refractivity contribution < 1.29 is 9.53 Å². The van der Waals surface area contributed by atoms with Crippen molar-refractivity contribution in [1.82, 2.24) is 9.55 Å². The number of carbonyl (C=O) groups excluding carboxylic acids is 1. The molecule has 0 saturated carbocycles. The van der Waals surface area contributed by atoms with Crippen molar-refractivity contribution in [3.05, 3.63) is 104 Å². The fraction of sp³-hybridized carbons (Fsp3) is 0.103. The number of aromatic nitrogens is 2. The average Bonchev–Trinajstić information content (AvgIpc) is 3.63. The van der Waals surface area contributed by atoms with Gasteiger partial charge in [-0.05, 0) is 60.3 Å². The molecule has 7 heteroatoms. The smallest absolute Gasteiger partial charge is 0.262 e. The summed E-state index contributed by atoms with van der Waals surface area (Å²) in [5.74, 6) is 0.688. The van der Waals surface area contributed by atoms with E-state index < -0.39 is 0 Å². The van der Waals surface area contributed by atoms with E-state index in [2.05, 4.69) is 34.6 Å². The van der Waals surface area contributed by atoms with E-state index >= 15 is 0 Å². The van der Waals surface area contributed by atoms with E-state index in [1.165, 1.54) is 10.1 Å². The minimum absolute atomic E-state index is 0.0918. The normalized spacial score (nSPS) is 11.4. The Hall–Kier alpha value is -3.45. The number of halogens is 1. The SMILES string of the molecule is COc1ccc2c(c(Cc3nccs3)c(C)n2C(=O)c2ccc(Cl)cc2)c1-c1csc2ccccc12. The molecule has 6 aromatic rings. The lowest BCUT2D eigenvalue weighted by atomic mass is 9.96. The summed E-state index contributed by atoms with van der Waals surface area (Å²) >= 11 is 9.42. The van der Waals surface area contributed by atoms with E-state index in [1.807, 2.05) is 35.2 Å². The summed E-state index contributed by atoms with van der Waals surface area (Å²) in [6.45, 7) is 2.01. The summed E-state index contributed by atoms with van der Waals surface area (Å²) < 4.78 is 8.93. The summed E-state index contributed by atoms with van der Waals surface area (Å²) in [5, 5.41) is 7.96. The van der Waals surface area contributed by atoms with Crippen molar-refractivity contribution in [3.63, 3.8) is 0 Å². The molecular weight excluding hydrogens is 508 g/mol. The molecule has 6 rings (SSSR count). The lowest BCUT2D eigenvalue weighted by Crippen LogP contribution is -2.13. The van der Waals surface area contributed by atoms with E-state index in [4.69, 9.17) is 16.3 Å². The third-order valence-corrected chi connectivity index (χ3v) is 8.53. The Morgan fingerprint density at radius 1 is 1.06 bits per heavy atom. The number of nitrogens with zero attached hydrogens (tertiary/aromatic N) is 2. The van der Waals surface area contributed by atoms with Gasteiger partial charge in [0.2, 0.25) is 0 Å². The molecule has 0 fully saturated rings. The molecule has 0 saturated heterocycles. The number of hydrogen-bond acceptors (Lipinski definition) is 5. The van der Waals surface area contributed by atoms with Crippen LogP contribution in [0, 0.1) is 6.92 Å². The number of thiophene rings is 1. The van der Waals surface area contributed by atoms with Gasteiger partial charge in [-0.2, -0.15) is 0 Å². The number of ether oxygens (including phenoxy) is 1. The predicted molar refractivity (Wildman–Crippen MR) is 150 cm³/mol. The number of hydrogen-bond donors (Lipinski definition) is 0. The Morgan fingerprint density at radius 2 is 1.86 bits per heavy atom. The van der Waals surface area contributed by atoms with Gasteiger partial charge in [0, 0.05) is 60.9 Å². The lowest BCUT2D eigenvalue weighted by molar-refractivity contribution is 0.0963. The first-order chi connectivity index (χ1) is 17.6. The number of fused-ring (bicyclic) bond motifs is 2. The Bertz CT molecular complexity index is 1730. The van der Waals surface area contributed by atoms with Crippen molar-refractivity contribution in [2.24, 2.45) is 0 Å². The third kappa shape index (κ3) is 3.73. The zero-order chi connectivity index (χ0) is 24.8. The van der Waals surface area contributed by atoms with Crippen LogP contribution >= 0.6 is 34.3 Å². The molecule has 0 amide bonds. The van der Waals surface area contributed by atoms with Gasteiger partial charge in [0.1, 0.15) is 5.75 Å². The van der Waals surface area contributed by atoms with Crippen molar-refractivity contribution in [3.8, 4) is 16.9 Å². The van der Waals surface area contributed by atoms with Crippen LogP contribution in [0.1, 0.15) is 26.6 Å². The maximum Gasteiger partial charge on any atom is 0.262 e. The highest BCUT2D eigenvalue weighted by Crippen LogP contribution is 2.46. The monoisotopic (exact) mass is 528 g/mol. The predicted octanol–water partition coefficient (Wildman–Crippen LogP) is 8.23. The van der Waals surface area contributed by atoms with Gasteiger partial charge in [0.25, 0.3) is 5.91 Å². The first-order valence-corrected chi connectivity index (χ1v) is 13.6. The van der Waals surface area contributed by atoms with Crippen LogP contribution < -0.4 is 4.74 Å². The molecule has 0 aliphatic heterocycles. The lowest BCUT2D eigenvalue weighted by Gasteiger charge is -2.12. The highest BCUT2D eigenvalue weighted by Gasteiger charge is 2.26. The van der Waals surface area contributed by atoms with Crippen LogP contribution in [0.5, 0.6) is 5.75 Å². The summed E-state index contributed by atoms with van der Waals surface area (Å²) in [7, 11) is 1.70. The Morgan fingerprint density at radius 3 is 2.61 bits per heavy atom. The van der Waals surface area contributed by atoms with Crippen LogP contribution in [0.15, 0.2) is 77.6 Å². The van der Waals surface area contributed by atoms with E-state index in [9.17, 15) is 4.79 Å². The number of benzene rings is 3. The molecule has 0 aliphatic rings. The first-order valence-electron chi connectivity index (χ1n) is 11.4. The van der Waals surface area contributed by atoms with Crippen LogP contribution in [0.4, 0.5) is 0 Å². The zero-order valence-corrected chi connectivity index (χ0v) is 22.0. The summed E-state index contributed by atoms with van der Waals surface area (Å²) in [6.07, 6.45) is 2.45. The highest BCUT2D eigenvalue weighted by atomic mass is 35.5. The fourth-order valence-corrected chi connectivity index (χ4v) is 6.57. The first kappa shape index (κ1) is 23.0. The molecule has 0 aliphatic carbocycles. The van der Waals surface area contributed by atoms with Crippen molar-refractivity contribution in [2.75, 3.05) is 7.11 Å². The molecule has 4 nitrogen and oxygen atoms in total. The van der Waals surface area contributed by atoms with Gasteiger partial charge >= 0.3 is 0 Å². The Kier molecular flexibility index (Phi) is 5.88. The second-order valence-corrected chi connectivity index (χ2v) is 10.8. The molecule has 3 aromatic heterocycles. The molecule has 0 bridgehead atoms. The summed E-state index contributed by atoms with van der Waals surface area (Å²) in [4.78, 5) is 18.4. The van der Waals surface area contributed by atoms with Crippen LogP contribution in [-0.2, 0) is 6.42 Å². The van der Waals surface area contributed by atoms with Gasteiger partial charge in [0.05, 0.1) is 17.6 Å². The van der Waals surface area contributed by atoms with E-state index in [0.29, 0.717) is 17.0 Å². The molecular formula is C29H21ClN2O2S2. The average molecular weight is 529 g/mol. The number of methoxy groups -OCH3 is 1. The van der Waals surface area contributed by atoms with Crippen molar-refractivity contribution >= 4 is 61.2 Å². The quantitative estimate of drug-likeness (QED) is 0.226. The van der Waals surface area contributed by atoms with Gasteiger partial charge in [0.15, 0.2) is 0 Å². The highest BCUT2D eigenvalue weighted by molar-refractivity contribution is 7.17. The molecule has 3 aromatic carbocycles. The number of rotatable bonds is 5. The number of carbonyl (C=O) groups is 1. The molecule has 178 valence electrons.